The number of carbonyl (C=O) groups is 2. The minimum Gasteiger partial charge on any atom is -0.487 e. The van der Waals surface area contributed by atoms with Gasteiger partial charge in [0, 0.05) is 5.56 Å². The van der Waals surface area contributed by atoms with Gasteiger partial charge in [-0.3, -0.25) is 9.59 Å². The molecule has 0 N–H and O–H groups in total. The van der Waals surface area contributed by atoms with E-state index in [0.717, 1.165) is 35.8 Å². The molecule has 22 heavy (non-hydrogen) atoms. The van der Waals surface area contributed by atoms with E-state index in [1.165, 1.54) is 12.8 Å². The molecule has 1 aliphatic heterocycles. The van der Waals surface area contributed by atoms with Crippen molar-refractivity contribution < 1.29 is 14.3 Å². The van der Waals surface area contributed by atoms with Gasteiger partial charge >= 0.3 is 0 Å². The third-order valence-electron chi connectivity index (χ3n) is 4.99. The van der Waals surface area contributed by atoms with Crippen LogP contribution in [0.3, 0.4) is 0 Å². The molecule has 1 heterocycles. The van der Waals surface area contributed by atoms with E-state index < -0.39 is 5.60 Å². The van der Waals surface area contributed by atoms with Crippen molar-refractivity contribution >= 4 is 12.1 Å². The number of ketones is 1. The molecule has 1 fully saturated rings. The molecular formula is C19H24O3. The molecule has 1 saturated carbocycles. The summed E-state index contributed by atoms with van der Waals surface area (Å²) in [6.07, 6.45) is 6.68. The Morgan fingerprint density at radius 2 is 2.00 bits per heavy atom. The molecule has 0 bridgehead atoms. The molecule has 0 amide bonds. The maximum atomic E-state index is 12.6. The van der Waals surface area contributed by atoms with E-state index in [-0.39, 0.29) is 5.78 Å². The summed E-state index contributed by atoms with van der Waals surface area (Å²) in [6, 6.07) is 1.98. The molecule has 118 valence electrons. The van der Waals surface area contributed by atoms with Crippen LogP contribution < -0.4 is 4.74 Å². The van der Waals surface area contributed by atoms with Gasteiger partial charge in [-0.05, 0) is 56.2 Å². The number of aldehydes is 1. The summed E-state index contributed by atoms with van der Waals surface area (Å²) in [5, 5.41) is 0. The van der Waals surface area contributed by atoms with Crippen LogP contribution in [0.4, 0.5) is 0 Å². The van der Waals surface area contributed by atoms with E-state index >= 15 is 0 Å². The molecule has 3 nitrogen and oxygen atoms in total. The van der Waals surface area contributed by atoms with Gasteiger partial charge in [0.25, 0.3) is 0 Å². The Bertz CT molecular complexity index is 622. The van der Waals surface area contributed by atoms with E-state index in [9.17, 15) is 9.59 Å². The Labute approximate surface area is 132 Å². The Morgan fingerprint density at radius 3 is 2.59 bits per heavy atom. The second kappa shape index (κ2) is 5.53. The van der Waals surface area contributed by atoms with Crippen molar-refractivity contribution in [2.45, 2.75) is 70.8 Å². The summed E-state index contributed by atoms with van der Waals surface area (Å²) in [7, 11) is 0. The van der Waals surface area contributed by atoms with Crippen molar-refractivity contribution in [1.29, 1.82) is 0 Å². The van der Waals surface area contributed by atoms with Crippen LogP contribution in [0, 0.1) is 0 Å². The zero-order valence-electron chi connectivity index (χ0n) is 13.7. The fraction of sp³-hybridized carbons (Fsp3) is 0.579. The third-order valence-corrected chi connectivity index (χ3v) is 4.99. The van der Waals surface area contributed by atoms with E-state index in [4.69, 9.17) is 4.74 Å². The lowest BCUT2D eigenvalue weighted by molar-refractivity contribution is 0.0617. The van der Waals surface area contributed by atoms with Gasteiger partial charge in [-0.25, -0.2) is 0 Å². The van der Waals surface area contributed by atoms with Crippen LogP contribution in [-0.4, -0.2) is 17.7 Å². The highest BCUT2D eigenvalue weighted by atomic mass is 16.5. The van der Waals surface area contributed by atoms with Gasteiger partial charge in [0.1, 0.15) is 11.4 Å². The third kappa shape index (κ3) is 2.47. The molecule has 0 unspecified atom stereocenters. The van der Waals surface area contributed by atoms with E-state index in [0.29, 0.717) is 30.1 Å². The maximum Gasteiger partial charge on any atom is 0.170 e. The van der Waals surface area contributed by atoms with Crippen LogP contribution in [0.2, 0.25) is 0 Å². The largest absolute Gasteiger partial charge is 0.487 e. The highest BCUT2D eigenvalue weighted by Gasteiger charge is 2.36. The molecule has 3 heteroatoms. The molecule has 1 aliphatic carbocycles. The molecule has 2 aliphatic rings. The molecule has 0 radical (unpaired) electrons. The summed E-state index contributed by atoms with van der Waals surface area (Å²) >= 11 is 0. The van der Waals surface area contributed by atoms with Crippen molar-refractivity contribution in [3.63, 3.8) is 0 Å². The first-order valence-corrected chi connectivity index (χ1v) is 8.34. The quantitative estimate of drug-likeness (QED) is 0.774. The molecule has 1 aromatic rings. The second-order valence-electron chi connectivity index (χ2n) is 7.15. The first kappa shape index (κ1) is 15.3. The van der Waals surface area contributed by atoms with Crippen molar-refractivity contribution in [3.05, 3.63) is 28.3 Å². The van der Waals surface area contributed by atoms with Crippen LogP contribution in [0.25, 0.3) is 0 Å². The standard InChI is InChI=1S/C19H24O3/c1-4-13-15(11-20)14(12-7-5-6-8-12)9-17-18(13)16(21)10-19(2,3)22-17/h9,11-12H,4-8,10H2,1-3H3. The van der Waals surface area contributed by atoms with Crippen LogP contribution in [-0.2, 0) is 6.42 Å². The van der Waals surface area contributed by atoms with Gasteiger partial charge < -0.3 is 4.74 Å². The lowest BCUT2D eigenvalue weighted by Crippen LogP contribution is -2.36. The second-order valence-corrected chi connectivity index (χ2v) is 7.15. The summed E-state index contributed by atoms with van der Waals surface area (Å²) in [4.78, 5) is 24.3. The first-order chi connectivity index (χ1) is 10.5. The Hall–Kier alpha value is -1.64. The number of hydrogen-bond donors (Lipinski definition) is 0. The number of Topliss-reactive ketones (excluding diaryl/α,β-unsaturated/α-hetero) is 1. The molecule has 0 spiro atoms. The molecule has 1 aromatic carbocycles. The molecule has 3 rings (SSSR count). The lowest BCUT2D eigenvalue weighted by atomic mass is 9.82. The van der Waals surface area contributed by atoms with Gasteiger partial charge in [-0.2, -0.15) is 0 Å². The van der Waals surface area contributed by atoms with E-state index in [1.807, 2.05) is 26.8 Å². The number of rotatable bonds is 3. The first-order valence-electron chi connectivity index (χ1n) is 8.34. The predicted molar refractivity (Wildman–Crippen MR) is 86.1 cm³/mol. The number of benzene rings is 1. The molecular weight excluding hydrogens is 276 g/mol. The maximum absolute atomic E-state index is 12.6. The Balaban J connectivity index is 2.21. The van der Waals surface area contributed by atoms with Gasteiger partial charge in [-0.1, -0.05) is 19.8 Å². The predicted octanol–water partition coefficient (Wildman–Crippen LogP) is 4.46. The van der Waals surface area contributed by atoms with Crippen LogP contribution in [0.1, 0.15) is 90.6 Å². The smallest absolute Gasteiger partial charge is 0.170 e. The van der Waals surface area contributed by atoms with Crippen molar-refractivity contribution in [3.8, 4) is 5.75 Å². The number of ether oxygens (including phenoxy) is 1. The Morgan fingerprint density at radius 1 is 1.32 bits per heavy atom. The van der Waals surface area contributed by atoms with Gasteiger partial charge in [0.2, 0.25) is 0 Å². The molecule has 0 atom stereocenters. The van der Waals surface area contributed by atoms with E-state index in [2.05, 4.69) is 0 Å². The molecule has 0 aromatic heterocycles. The zero-order valence-corrected chi connectivity index (χ0v) is 13.7. The zero-order chi connectivity index (χ0) is 15.9. The van der Waals surface area contributed by atoms with Gasteiger partial charge in [0.15, 0.2) is 12.1 Å². The SMILES string of the molecule is CCc1c(C=O)c(C2CCCC2)cc2c1C(=O)CC(C)(C)O2. The van der Waals surface area contributed by atoms with Gasteiger partial charge in [0.05, 0.1) is 12.0 Å². The van der Waals surface area contributed by atoms with Crippen LogP contribution >= 0.6 is 0 Å². The van der Waals surface area contributed by atoms with Crippen LogP contribution in [0.5, 0.6) is 5.75 Å². The highest BCUT2D eigenvalue weighted by Crippen LogP contribution is 2.43. The number of fused-ring (bicyclic) bond motifs is 1. The summed E-state index contributed by atoms with van der Waals surface area (Å²) < 4.78 is 6.10. The minimum atomic E-state index is -0.468. The summed E-state index contributed by atoms with van der Waals surface area (Å²) in [6.45, 7) is 5.90. The lowest BCUT2D eigenvalue weighted by Gasteiger charge is -2.34. The topological polar surface area (TPSA) is 43.4 Å². The normalized spacial score (nSPS) is 20.6. The fourth-order valence-corrected chi connectivity index (χ4v) is 4.02. The van der Waals surface area contributed by atoms with Crippen molar-refractivity contribution in [2.24, 2.45) is 0 Å². The van der Waals surface area contributed by atoms with Gasteiger partial charge in [-0.15, -0.1) is 0 Å². The fourth-order valence-electron chi connectivity index (χ4n) is 4.02. The average molecular weight is 300 g/mol. The molecule has 0 saturated heterocycles. The monoisotopic (exact) mass is 300 g/mol. The number of carbonyl (C=O) groups excluding carboxylic acids is 2. The number of hydrogen-bond acceptors (Lipinski definition) is 3. The van der Waals surface area contributed by atoms with Crippen LogP contribution in [0.15, 0.2) is 6.07 Å². The minimum absolute atomic E-state index is 0.101. The summed E-state index contributed by atoms with van der Waals surface area (Å²) in [5.41, 5.74) is 2.89. The van der Waals surface area contributed by atoms with Crippen molar-refractivity contribution in [2.75, 3.05) is 0 Å². The average Bonchev–Trinajstić information content (AvgIpc) is 2.97. The van der Waals surface area contributed by atoms with E-state index in [1.54, 1.807) is 0 Å². The highest BCUT2D eigenvalue weighted by molar-refractivity contribution is 6.04. The Kier molecular flexibility index (Phi) is 3.84. The van der Waals surface area contributed by atoms with Crippen molar-refractivity contribution in [1.82, 2.24) is 0 Å². The summed E-state index contributed by atoms with van der Waals surface area (Å²) in [5.74, 6) is 1.22.